The summed E-state index contributed by atoms with van der Waals surface area (Å²) in [7, 11) is 0. The standard InChI is InChI=1S/C29H37ClN4O7/c1-28(2,3)40-26(37)33-17-20(34(24(35)16-31)27(38)41-29(4,5)6)15-23(33)25(36)32-19-9-13-22(14-10-19)39-21-11-7-18(30)8-12-21/h7-14,20,23H,15-17,31H2,1-6H3,(H,32,36)/t20-,23+/m1/s1. The minimum absolute atomic E-state index is 0.0339. The number of hydrogen-bond donors (Lipinski definition) is 2. The highest BCUT2D eigenvalue weighted by Gasteiger charge is 2.47. The molecule has 4 amide bonds. The molecule has 1 fully saturated rings. The zero-order valence-corrected chi connectivity index (χ0v) is 24.9. The van der Waals surface area contributed by atoms with E-state index in [0.717, 1.165) is 4.90 Å². The number of anilines is 1. The predicted octanol–water partition coefficient (Wildman–Crippen LogP) is 5.17. The zero-order valence-electron chi connectivity index (χ0n) is 24.1. The Morgan fingerprint density at radius 3 is 1.98 bits per heavy atom. The summed E-state index contributed by atoms with van der Waals surface area (Å²) in [5.74, 6) is -0.0764. The maximum absolute atomic E-state index is 13.5. The molecular formula is C29H37ClN4O7. The van der Waals surface area contributed by atoms with E-state index in [4.69, 9.17) is 31.5 Å². The maximum atomic E-state index is 13.5. The van der Waals surface area contributed by atoms with Crippen LogP contribution >= 0.6 is 11.6 Å². The number of benzene rings is 2. The van der Waals surface area contributed by atoms with Crippen molar-refractivity contribution in [3.8, 4) is 11.5 Å². The summed E-state index contributed by atoms with van der Waals surface area (Å²) in [6, 6.07) is 11.6. The number of carbonyl (C=O) groups excluding carboxylic acids is 4. The molecule has 0 bridgehead atoms. The van der Waals surface area contributed by atoms with Gasteiger partial charge in [0, 0.05) is 17.3 Å². The Morgan fingerprint density at radius 2 is 1.46 bits per heavy atom. The lowest BCUT2D eigenvalue weighted by Crippen LogP contribution is -2.50. The van der Waals surface area contributed by atoms with E-state index in [-0.39, 0.29) is 13.0 Å². The largest absolute Gasteiger partial charge is 0.457 e. The van der Waals surface area contributed by atoms with Crippen molar-refractivity contribution in [3.63, 3.8) is 0 Å². The fourth-order valence-corrected chi connectivity index (χ4v) is 4.23. The number of imide groups is 1. The van der Waals surface area contributed by atoms with Gasteiger partial charge < -0.3 is 25.3 Å². The minimum Gasteiger partial charge on any atom is -0.457 e. The van der Waals surface area contributed by atoms with Crippen molar-refractivity contribution in [1.29, 1.82) is 0 Å². The summed E-state index contributed by atoms with van der Waals surface area (Å²) in [4.78, 5) is 54.4. The first-order valence-electron chi connectivity index (χ1n) is 13.2. The third-order valence-corrected chi connectivity index (χ3v) is 6.03. The van der Waals surface area contributed by atoms with Crippen LogP contribution in [0.25, 0.3) is 0 Å². The van der Waals surface area contributed by atoms with Crippen LogP contribution in [0.4, 0.5) is 15.3 Å². The Hall–Kier alpha value is -3.83. The molecule has 0 radical (unpaired) electrons. The topological polar surface area (TPSA) is 140 Å². The SMILES string of the molecule is CC(C)(C)OC(=O)N1C[C@H](N(C(=O)CN)C(=O)OC(C)(C)C)C[C@H]1C(=O)Nc1ccc(Oc2ccc(Cl)cc2)cc1. The van der Waals surface area contributed by atoms with Gasteiger partial charge in [0.15, 0.2) is 0 Å². The highest BCUT2D eigenvalue weighted by atomic mass is 35.5. The second-order valence-corrected chi connectivity index (χ2v) is 12.0. The number of nitrogens with zero attached hydrogens (tertiary/aromatic N) is 2. The van der Waals surface area contributed by atoms with Crippen LogP contribution in [0, 0.1) is 0 Å². The number of nitrogens with one attached hydrogen (secondary N) is 1. The van der Waals surface area contributed by atoms with E-state index in [1.165, 1.54) is 4.90 Å². The van der Waals surface area contributed by atoms with Crippen molar-refractivity contribution < 1.29 is 33.4 Å². The summed E-state index contributed by atoms with van der Waals surface area (Å²) in [6.45, 7) is 9.51. The fourth-order valence-electron chi connectivity index (χ4n) is 4.11. The van der Waals surface area contributed by atoms with Crippen LogP contribution in [-0.2, 0) is 19.1 Å². The highest BCUT2D eigenvalue weighted by Crippen LogP contribution is 2.29. The molecule has 0 unspecified atom stereocenters. The molecule has 3 rings (SSSR count). The Kier molecular flexibility index (Phi) is 9.88. The highest BCUT2D eigenvalue weighted by molar-refractivity contribution is 6.30. The smallest absolute Gasteiger partial charge is 0.417 e. The van der Waals surface area contributed by atoms with Crippen LogP contribution in [-0.4, -0.2) is 70.2 Å². The van der Waals surface area contributed by atoms with Gasteiger partial charge in [-0.3, -0.25) is 14.5 Å². The van der Waals surface area contributed by atoms with Gasteiger partial charge in [-0.15, -0.1) is 0 Å². The van der Waals surface area contributed by atoms with Crippen molar-refractivity contribution in [2.24, 2.45) is 5.73 Å². The molecule has 222 valence electrons. The maximum Gasteiger partial charge on any atom is 0.417 e. The second kappa shape index (κ2) is 12.8. The van der Waals surface area contributed by atoms with Crippen LogP contribution in [0.3, 0.4) is 0 Å². The molecule has 2 atom stereocenters. The van der Waals surface area contributed by atoms with Gasteiger partial charge in [-0.05, 0) is 96.5 Å². The summed E-state index contributed by atoms with van der Waals surface area (Å²) < 4.78 is 16.7. The Morgan fingerprint density at radius 1 is 0.927 bits per heavy atom. The summed E-state index contributed by atoms with van der Waals surface area (Å²) in [5.41, 5.74) is 4.32. The van der Waals surface area contributed by atoms with E-state index in [1.54, 1.807) is 90.1 Å². The molecule has 0 spiro atoms. The number of hydrogen-bond acceptors (Lipinski definition) is 8. The van der Waals surface area contributed by atoms with E-state index in [9.17, 15) is 19.2 Å². The van der Waals surface area contributed by atoms with Gasteiger partial charge in [0.1, 0.15) is 28.7 Å². The number of amides is 4. The van der Waals surface area contributed by atoms with Crippen molar-refractivity contribution in [3.05, 3.63) is 53.6 Å². The summed E-state index contributed by atoms with van der Waals surface area (Å²) >= 11 is 5.91. The molecule has 1 aliphatic rings. The number of nitrogens with two attached hydrogens (primary N) is 1. The van der Waals surface area contributed by atoms with Crippen LogP contribution in [0.1, 0.15) is 48.0 Å². The Labute approximate surface area is 244 Å². The van der Waals surface area contributed by atoms with Gasteiger partial charge >= 0.3 is 12.2 Å². The van der Waals surface area contributed by atoms with E-state index in [2.05, 4.69) is 5.32 Å². The van der Waals surface area contributed by atoms with Crippen molar-refractivity contribution in [2.75, 3.05) is 18.4 Å². The van der Waals surface area contributed by atoms with Crippen LogP contribution in [0.15, 0.2) is 48.5 Å². The van der Waals surface area contributed by atoms with Gasteiger partial charge in [-0.1, -0.05) is 11.6 Å². The molecule has 0 aliphatic carbocycles. The average Bonchev–Trinajstić information content (AvgIpc) is 3.30. The van der Waals surface area contributed by atoms with Crippen molar-refractivity contribution in [1.82, 2.24) is 9.80 Å². The molecule has 2 aromatic carbocycles. The zero-order chi connectivity index (χ0) is 30.5. The van der Waals surface area contributed by atoms with Gasteiger partial charge in [0.05, 0.1) is 12.6 Å². The van der Waals surface area contributed by atoms with E-state index < -0.39 is 53.8 Å². The quantitative estimate of drug-likeness (QED) is 0.471. The van der Waals surface area contributed by atoms with E-state index in [1.807, 2.05) is 0 Å². The molecule has 0 saturated carbocycles. The summed E-state index contributed by atoms with van der Waals surface area (Å²) in [6.07, 6.45) is -1.69. The van der Waals surface area contributed by atoms with Gasteiger partial charge in [-0.2, -0.15) is 0 Å². The first-order chi connectivity index (χ1) is 19.1. The molecule has 1 heterocycles. The molecule has 12 heteroatoms. The number of likely N-dealkylation sites (tertiary alicyclic amines) is 1. The molecular weight excluding hydrogens is 552 g/mol. The van der Waals surface area contributed by atoms with Crippen LogP contribution < -0.4 is 15.8 Å². The first kappa shape index (κ1) is 31.7. The number of rotatable bonds is 6. The Bertz CT molecular complexity index is 1250. The second-order valence-electron chi connectivity index (χ2n) is 11.6. The Balaban J connectivity index is 1.80. The number of halogens is 1. The van der Waals surface area contributed by atoms with Gasteiger partial charge in [0.2, 0.25) is 11.8 Å². The molecule has 41 heavy (non-hydrogen) atoms. The number of ether oxygens (including phenoxy) is 3. The number of carbonyl (C=O) groups is 4. The minimum atomic E-state index is -1.05. The molecule has 11 nitrogen and oxygen atoms in total. The first-order valence-corrected chi connectivity index (χ1v) is 13.5. The van der Waals surface area contributed by atoms with Crippen LogP contribution in [0.5, 0.6) is 11.5 Å². The molecule has 1 aliphatic heterocycles. The average molecular weight is 589 g/mol. The molecule has 2 aromatic rings. The predicted molar refractivity (Wildman–Crippen MR) is 154 cm³/mol. The van der Waals surface area contributed by atoms with E-state index >= 15 is 0 Å². The molecule has 3 N–H and O–H groups in total. The van der Waals surface area contributed by atoms with Gasteiger partial charge in [0.25, 0.3) is 0 Å². The molecule has 0 aromatic heterocycles. The lowest BCUT2D eigenvalue weighted by molar-refractivity contribution is -0.131. The third-order valence-electron chi connectivity index (χ3n) is 5.78. The van der Waals surface area contributed by atoms with Crippen molar-refractivity contribution >= 4 is 41.3 Å². The molecule has 1 saturated heterocycles. The summed E-state index contributed by atoms with van der Waals surface area (Å²) in [5, 5.41) is 3.38. The van der Waals surface area contributed by atoms with Crippen molar-refractivity contribution in [2.45, 2.75) is 71.2 Å². The van der Waals surface area contributed by atoms with E-state index in [0.29, 0.717) is 22.2 Å². The fraction of sp³-hybridized carbons (Fsp3) is 0.448. The lowest BCUT2D eigenvalue weighted by Gasteiger charge is -2.30. The van der Waals surface area contributed by atoms with Crippen LogP contribution in [0.2, 0.25) is 5.02 Å². The monoisotopic (exact) mass is 588 g/mol. The third kappa shape index (κ3) is 9.09. The lowest BCUT2D eigenvalue weighted by atomic mass is 10.1. The van der Waals surface area contributed by atoms with Gasteiger partial charge in [-0.25, -0.2) is 14.5 Å². The normalized spacial score (nSPS) is 17.0.